The summed E-state index contributed by atoms with van der Waals surface area (Å²) in [5, 5.41) is 3.08. The van der Waals surface area contributed by atoms with E-state index in [0.29, 0.717) is 23.8 Å². The summed E-state index contributed by atoms with van der Waals surface area (Å²) in [5.41, 5.74) is 2.97. The zero-order chi connectivity index (χ0) is 21.3. The van der Waals surface area contributed by atoms with Gasteiger partial charge in [-0.05, 0) is 48.9 Å². The second-order valence-corrected chi connectivity index (χ2v) is 9.20. The highest BCUT2D eigenvalue weighted by Gasteiger charge is 2.18. The lowest BCUT2D eigenvalue weighted by Gasteiger charge is -2.22. The first-order valence-electron chi connectivity index (χ1n) is 10.8. The van der Waals surface area contributed by atoms with E-state index in [9.17, 15) is 9.59 Å². The van der Waals surface area contributed by atoms with E-state index in [1.165, 1.54) is 49.4 Å². The molecule has 0 atom stereocenters. The number of hydrogen-bond acceptors (Lipinski definition) is 3. The molecule has 1 aliphatic rings. The number of aryl methyl sites for hydroxylation is 1. The number of rotatable bonds is 8. The number of amides is 2. The van der Waals surface area contributed by atoms with Gasteiger partial charge in [-0.1, -0.05) is 55.7 Å². The molecule has 0 unspecified atom stereocenters. The van der Waals surface area contributed by atoms with E-state index in [4.69, 9.17) is 0 Å². The van der Waals surface area contributed by atoms with Crippen LogP contribution in [-0.2, 0) is 11.3 Å². The molecule has 0 heterocycles. The zero-order valence-electron chi connectivity index (χ0n) is 18.0. The van der Waals surface area contributed by atoms with Crippen molar-refractivity contribution in [3.05, 3.63) is 65.2 Å². The number of nitrogens with zero attached hydrogens (tertiary/aromatic N) is 1. The van der Waals surface area contributed by atoms with Crippen molar-refractivity contribution >= 4 is 23.6 Å². The van der Waals surface area contributed by atoms with Crippen LogP contribution in [0.4, 0.5) is 0 Å². The molecule has 4 nitrogen and oxygen atoms in total. The van der Waals surface area contributed by atoms with E-state index < -0.39 is 0 Å². The molecule has 0 spiro atoms. The summed E-state index contributed by atoms with van der Waals surface area (Å²) in [5.74, 6) is 0.972. The minimum absolute atomic E-state index is 0.0241. The van der Waals surface area contributed by atoms with Gasteiger partial charge in [-0.2, -0.15) is 0 Å². The van der Waals surface area contributed by atoms with Crippen molar-refractivity contribution in [2.75, 3.05) is 19.3 Å². The molecule has 3 rings (SSSR count). The van der Waals surface area contributed by atoms with Gasteiger partial charge in [-0.3, -0.25) is 9.59 Å². The monoisotopic (exact) mass is 424 g/mol. The molecule has 30 heavy (non-hydrogen) atoms. The van der Waals surface area contributed by atoms with Crippen LogP contribution in [0.2, 0.25) is 0 Å². The first-order valence-corrected chi connectivity index (χ1v) is 11.8. The number of benzene rings is 2. The van der Waals surface area contributed by atoms with Gasteiger partial charge in [0.1, 0.15) is 0 Å². The number of carbonyl (C=O) groups is 2. The van der Waals surface area contributed by atoms with Gasteiger partial charge in [0.2, 0.25) is 5.91 Å². The van der Waals surface area contributed by atoms with E-state index >= 15 is 0 Å². The Morgan fingerprint density at radius 2 is 1.73 bits per heavy atom. The molecule has 2 aromatic carbocycles. The highest BCUT2D eigenvalue weighted by Crippen LogP contribution is 2.25. The molecule has 5 heteroatoms. The SMILES string of the molecule is Cc1ccccc1CN(C)C(=O)c1ccccc1SCC(=O)NCC1CCCCC1. The topological polar surface area (TPSA) is 49.4 Å². The summed E-state index contributed by atoms with van der Waals surface area (Å²) in [4.78, 5) is 28.0. The summed E-state index contributed by atoms with van der Waals surface area (Å²) in [6.07, 6.45) is 6.32. The molecule has 1 N–H and O–H groups in total. The minimum atomic E-state index is -0.0241. The van der Waals surface area contributed by atoms with Crippen LogP contribution in [0.25, 0.3) is 0 Å². The quantitative estimate of drug-likeness (QED) is 0.603. The highest BCUT2D eigenvalue weighted by atomic mass is 32.2. The van der Waals surface area contributed by atoms with Crippen LogP contribution in [0.3, 0.4) is 0 Å². The van der Waals surface area contributed by atoms with Crippen molar-refractivity contribution in [2.24, 2.45) is 5.92 Å². The Labute approximate surface area is 184 Å². The Bertz CT molecular complexity index is 862. The maximum atomic E-state index is 13.1. The van der Waals surface area contributed by atoms with Crippen molar-refractivity contribution in [3.8, 4) is 0 Å². The molecule has 0 aliphatic heterocycles. The molecule has 1 fully saturated rings. The highest BCUT2D eigenvalue weighted by molar-refractivity contribution is 8.00. The third kappa shape index (κ3) is 6.36. The lowest BCUT2D eigenvalue weighted by molar-refractivity contribution is -0.118. The van der Waals surface area contributed by atoms with Gasteiger partial charge in [-0.25, -0.2) is 0 Å². The van der Waals surface area contributed by atoms with Crippen LogP contribution in [-0.4, -0.2) is 36.1 Å². The summed E-state index contributed by atoms with van der Waals surface area (Å²) < 4.78 is 0. The first-order chi connectivity index (χ1) is 14.5. The molecule has 2 aromatic rings. The maximum absolute atomic E-state index is 13.1. The summed E-state index contributed by atoms with van der Waals surface area (Å²) in [6, 6.07) is 15.7. The fourth-order valence-electron chi connectivity index (χ4n) is 3.93. The van der Waals surface area contributed by atoms with Crippen LogP contribution in [0, 0.1) is 12.8 Å². The molecule has 1 saturated carbocycles. The Morgan fingerprint density at radius 3 is 2.50 bits per heavy atom. The van der Waals surface area contributed by atoms with Crippen LogP contribution in [0.15, 0.2) is 53.4 Å². The van der Waals surface area contributed by atoms with E-state index in [2.05, 4.69) is 24.4 Å². The second-order valence-electron chi connectivity index (χ2n) is 8.18. The Morgan fingerprint density at radius 1 is 1.03 bits per heavy atom. The van der Waals surface area contributed by atoms with Gasteiger partial charge in [0.05, 0.1) is 11.3 Å². The number of nitrogens with one attached hydrogen (secondary N) is 1. The normalized spacial score (nSPS) is 14.3. The summed E-state index contributed by atoms with van der Waals surface area (Å²) in [7, 11) is 1.83. The Balaban J connectivity index is 1.56. The molecular weight excluding hydrogens is 392 g/mol. The Kier molecular flexibility index (Phi) is 8.38. The molecular formula is C25H32N2O2S. The van der Waals surface area contributed by atoms with Crippen molar-refractivity contribution < 1.29 is 9.59 Å². The van der Waals surface area contributed by atoms with E-state index in [0.717, 1.165) is 17.0 Å². The van der Waals surface area contributed by atoms with Crippen LogP contribution in [0.5, 0.6) is 0 Å². The summed E-state index contributed by atoms with van der Waals surface area (Å²) >= 11 is 1.44. The van der Waals surface area contributed by atoms with Gasteiger partial charge in [-0.15, -0.1) is 11.8 Å². The number of carbonyl (C=O) groups excluding carboxylic acids is 2. The van der Waals surface area contributed by atoms with Crippen molar-refractivity contribution in [3.63, 3.8) is 0 Å². The number of hydrogen-bond donors (Lipinski definition) is 1. The van der Waals surface area contributed by atoms with Gasteiger partial charge in [0.25, 0.3) is 5.91 Å². The van der Waals surface area contributed by atoms with Crippen LogP contribution < -0.4 is 5.32 Å². The van der Waals surface area contributed by atoms with Gasteiger partial charge in [0.15, 0.2) is 0 Å². The van der Waals surface area contributed by atoms with Gasteiger partial charge >= 0.3 is 0 Å². The zero-order valence-corrected chi connectivity index (χ0v) is 18.8. The largest absolute Gasteiger partial charge is 0.355 e. The lowest BCUT2D eigenvalue weighted by atomic mass is 9.89. The molecule has 160 valence electrons. The fourth-order valence-corrected chi connectivity index (χ4v) is 4.81. The average Bonchev–Trinajstić information content (AvgIpc) is 2.78. The lowest BCUT2D eigenvalue weighted by Crippen LogP contribution is -2.31. The van der Waals surface area contributed by atoms with E-state index in [1.807, 2.05) is 43.4 Å². The van der Waals surface area contributed by atoms with Gasteiger partial charge in [0, 0.05) is 25.0 Å². The van der Waals surface area contributed by atoms with Crippen molar-refractivity contribution in [1.29, 1.82) is 0 Å². The van der Waals surface area contributed by atoms with Crippen molar-refractivity contribution in [1.82, 2.24) is 10.2 Å². The molecule has 0 saturated heterocycles. The third-order valence-electron chi connectivity index (χ3n) is 5.80. The van der Waals surface area contributed by atoms with E-state index in [1.54, 1.807) is 4.90 Å². The van der Waals surface area contributed by atoms with Crippen LogP contribution in [0.1, 0.15) is 53.6 Å². The third-order valence-corrected chi connectivity index (χ3v) is 6.88. The summed E-state index contributed by atoms with van der Waals surface area (Å²) in [6.45, 7) is 3.40. The molecule has 1 aliphatic carbocycles. The van der Waals surface area contributed by atoms with Crippen LogP contribution >= 0.6 is 11.8 Å². The Hall–Kier alpha value is -2.27. The predicted octanol–water partition coefficient (Wildman–Crippen LogP) is 5.06. The number of thioether (sulfide) groups is 1. The molecule has 0 bridgehead atoms. The second kappa shape index (κ2) is 11.2. The average molecular weight is 425 g/mol. The van der Waals surface area contributed by atoms with Crippen molar-refractivity contribution in [2.45, 2.75) is 50.5 Å². The fraction of sp³-hybridized carbons (Fsp3) is 0.440. The predicted molar refractivity (Wildman–Crippen MR) is 124 cm³/mol. The molecule has 2 amide bonds. The first kappa shape index (κ1) is 22.4. The van der Waals surface area contributed by atoms with Gasteiger partial charge < -0.3 is 10.2 Å². The van der Waals surface area contributed by atoms with E-state index in [-0.39, 0.29) is 11.8 Å². The smallest absolute Gasteiger partial charge is 0.255 e. The maximum Gasteiger partial charge on any atom is 0.255 e. The molecule has 0 radical (unpaired) electrons. The minimum Gasteiger partial charge on any atom is -0.355 e. The molecule has 0 aromatic heterocycles. The standard InChI is InChI=1S/C25H32N2O2S/c1-19-10-6-7-13-21(19)17-27(2)25(29)22-14-8-9-15-23(22)30-18-24(28)26-16-20-11-4-3-5-12-20/h6-10,13-15,20H,3-5,11-12,16-18H2,1-2H3,(H,26,28).